The normalized spacial score (nSPS) is 20.7. The second-order valence-corrected chi connectivity index (χ2v) is 7.48. The van der Waals surface area contributed by atoms with Crippen molar-refractivity contribution in [1.29, 1.82) is 0 Å². The number of hydrogen-bond acceptors (Lipinski definition) is 5. The summed E-state index contributed by atoms with van der Waals surface area (Å²) in [5.74, 6) is -2.47. The molecule has 9 heteroatoms. The number of hydrogen-bond donors (Lipinski definition) is 1. The topological polar surface area (TPSA) is 82.1 Å². The number of hydrazone groups is 1. The number of anilines is 2. The lowest BCUT2D eigenvalue weighted by atomic mass is 9.98. The number of carbonyl (C=O) groups is 3. The van der Waals surface area contributed by atoms with Gasteiger partial charge < -0.3 is 0 Å². The quantitative estimate of drug-likeness (QED) is 0.453. The molecule has 2 aromatic carbocycles. The van der Waals surface area contributed by atoms with Crippen molar-refractivity contribution in [2.45, 2.75) is 6.92 Å². The molecule has 1 saturated heterocycles. The summed E-state index contributed by atoms with van der Waals surface area (Å²) in [5.41, 5.74) is 1.35. The Kier molecular flexibility index (Phi) is 5.19. The highest BCUT2D eigenvalue weighted by Gasteiger charge is 2.39. The van der Waals surface area contributed by atoms with Crippen molar-refractivity contribution in [1.82, 2.24) is 5.32 Å². The van der Waals surface area contributed by atoms with Gasteiger partial charge in [0, 0.05) is 5.02 Å². The van der Waals surface area contributed by atoms with E-state index in [4.69, 9.17) is 23.8 Å². The van der Waals surface area contributed by atoms with Crippen LogP contribution in [0.3, 0.4) is 0 Å². The summed E-state index contributed by atoms with van der Waals surface area (Å²) in [6.07, 6.45) is 1.34. The second-order valence-electron chi connectivity index (χ2n) is 6.66. The minimum atomic E-state index is -0.839. The van der Waals surface area contributed by atoms with Gasteiger partial charge in [0.1, 0.15) is 5.57 Å². The Hall–Kier alpha value is -3.36. The zero-order chi connectivity index (χ0) is 21.4. The van der Waals surface area contributed by atoms with Crippen LogP contribution >= 0.6 is 23.8 Å². The first-order chi connectivity index (χ1) is 14.4. The van der Waals surface area contributed by atoms with E-state index in [1.54, 1.807) is 55.5 Å². The van der Waals surface area contributed by atoms with Crippen molar-refractivity contribution in [2.24, 2.45) is 11.0 Å². The molecule has 150 valence electrons. The molecular weight excluding hydrogens is 424 g/mol. The van der Waals surface area contributed by atoms with Crippen molar-refractivity contribution in [3.63, 3.8) is 0 Å². The van der Waals surface area contributed by atoms with E-state index in [9.17, 15) is 14.4 Å². The van der Waals surface area contributed by atoms with Crippen LogP contribution in [0.2, 0.25) is 5.02 Å². The lowest BCUT2D eigenvalue weighted by Gasteiger charge is -2.29. The van der Waals surface area contributed by atoms with Crippen LogP contribution in [0, 0.1) is 5.92 Å². The van der Waals surface area contributed by atoms with Crippen molar-refractivity contribution in [2.75, 3.05) is 9.91 Å². The molecule has 0 radical (unpaired) electrons. The SMILES string of the molecule is CC1=NN(c2ccccc2)C(=O)[C@H]1/C=C1\C(=O)NC(=S)N(c2ccc(Cl)cc2)C1=O. The molecule has 1 atom stereocenters. The van der Waals surface area contributed by atoms with E-state index in [0.717, 1.165) is 0 Å². The Morgan fingerprint density at radius 1 is 1.03 bits per heavy atom. The number of rotatable bonds is 3. The minimum absolute atomic E-state index is 0.0430. The molecule has 0 aliphatic carbocycles. The third-order valence-corrected chi connectivity index (χ3v) is 5.24. The third-order valence-electron chi connectivity index (χ3n) is 4.70. The van der Waals surface area contributed by atoms with Gasteiger partial charge in [-0.1, -0.05) is 29.8 Å². The highest BCUT2D eigenvalue weighted by molar-refractivity contribution is 7.80. The fourth-order valence-electron chi connectivity index (χ4n) is 3.19. The Labute approximate surface area is 182 Å². The number of halogens is 1. The van der Waals surface area contributed by atoms with Crippen molar-refractivity contribution in [3.05, 3.63) is 71.3 Å². The Bertz CT molecular complexity index is 1130. The maximum absolute atomic E-state index is 13.1. The zero-order valence-electron chi connectivity index (χ0n) is 15.7. The van der Waals surface area contributed by atoms with E-state index in [1.165, 1.54) is 16.0 Å². The van der Waals surface area contributed by atoms with Gasteiger partial charge in [0.25, 0.3) is 17.7 Å². The molecule has 30 heavy (non-hydrogen) atoms. The van der Waals surface area contributed by atoms with Crippen LogP contribution in [-0.4, -0.2) is 28.5 Å². The summed E-state index contributed by atoms with van der Waals surface area (Å²) in [6, 6.07) is 15.4. The van der Waals surface area contributed by atoms with E-state index in [1.807, 2.05) is 6.07 Å². The molecule has 2 heterocycles. The summed E-state index contributed by atoms with van der Waals surface area (Å²) >= 11 is 11.1. The maximum atomic E-state index is 13.1. The summed E-state index contributed by atoms with van der Waals surface area (Å²) < 4.78 is 0. The maximum Gasteiger partial charge on any atom is 0.269 e. The van der Waals surface area contributed by atoms with Gasteiger partial charge in [-0.3, -0.25) is 24.6 Å². The number of benzene rings is 2. The number of nitrogens with one attached hydrogen (secondary N) is 1. The Morgan fingerprint density at radius 2 is 1.70 bits per heavy atom. The van der Waals surface area contributed by atoms with Gasteiger partial charge >= 0.3 is 0 Å². The summed E-state index contributed by atoms with van der Waals surface area (Å²) in [7, 11) is 0. The van der Waals surface area contributed by atoms with Gasteiger partial charge in [-0.05, 0) is 61.6 Å². The summed E-state index contributed by atoms with van der Waals surface area (Å²) in [6.45, 7) is 1.68. The molecule has 2 aliphatic heterocycles. The average molecular weight is 439 g/mol. The highest BCUT2D eigenvalue weighted by Crippen LogP contribution is 2.27. The molecule has 0 spiro atoms. The van der Waals surface area contributed by atoms with Gasteiger partial charge in [0.05, 0.1) is 23.0 Å². The first-order valence-corrected chi connectivity index (χ1v) is 9.76. The molecule has 0 saturated carbocycles. The van der Waals surface area contributed by atoms with Gasteiger partial charge in [-0.15, -0.1) is 0 Å². The van der Waals surface area contributed by atoms with Crippen LogP contribution in [0.4, 0.5) is 11.4 Å². The molecule has 1 fully saturated rings. The molecule has 1 N–H and O–H groups in total. The number of nitrogens with zero attached hydrogens (tertiary/aromatic N) is 3. The lowest BCUT2D eigenvalue weighted by molar-refractivity contribution is -0.122. The predicted molar refractivity (Wildman–Crippen MR) is 118 cm³/mol. The van der Waals surface area contributed by atoms with Crippen LogP contribution in [0.15, 0.2) is 71.3 Å². The Morgan fingerprint density at radius 3 is 2.37 bits per heavy atom. The monoisotopic (exact) mass is 438 g/mol. The molecular formula is C21H15ClN4O3S. The fraction of sp³-hybridized carbons (Fsp3) is 0.0952. The van der Waals surface area contributed by atoms with E-state index in [0.29, 0.717) is 22.1 Å². The molecule has 3 amide bonds. The largest absolute Gasteiger partial charge is 0.298 e. The molecule has 7 nitrogen and oxygen atoms in total. The first-order valence-electron chi connectivity index (χ1n) is 8.98. The summed E-state index contributed by atoms with van der Waals surface area (Å²) in [5, 5.41) is 8.52. The van der Waals surface area contributed by atoms with Crippen molar-refractivity contribution < 1.29 is 14.4 Å². The number of para-hydroxylation sites is 1. The average Bonchev–Trinajstić information content (AvgIpc) is 3.01. The van der Waals surface area contributed by atoms with Crippen LogP contribution in [0.5, 0.6) is 0 Å². The van der Waals surface area contributed by atoms with Gasteiger partial charge in [-0.2, -0.15) is 10.1 Å². The van der Waals surface area contributed by atoms with E-state index in [2.05, 4.69) is 10.4 Å². The van der Waals surface area contributed by atoms with Crippen LogP contribution < -0.4 is 15.2 Å². The fourth-order valence-corrected chi connectivity index (χ4v) is 3.60. The van der Waals surface area contributed by atoms with Gasteiger partial charge in [0.15, 0.2) is 5.11 Å². The van der Waals surface area contributed by atoms with Crippen LogP contribution in [0.1, 0.15) is 6.92 Å². The molecule has 0 aromatic heterocycles. The number of carbonyl (C=O) groups excluding carboxylic acids is 3. The first kappa shape index (κ1) is 19.9. The number of amides is 3. The molecule has 2 aromatic rings. The molecule has 2 aliphatic rings. The van der Waals surface area contributed by atoms with E-state index < -0.39 is 17.7 Å². The lowest BCUT2D eigenvalue weighted by Crippen LogP contribution is -2.54. The highest BCUT2D eigenvalue weighted by atomic mass is 35.5. The third kappa shape index (κ3) is 3.51. The predicted octanol–water partition coefficient (Wildman–Crippen LogP) is 3.05. The van der Waals surface area contributed by atoms with Crippen LogP contribution in [0.25, 0.3) is 0 Å². The molecule has 0 bridgehead atoms. The van der Waals surface area contributed by atoms with Gasteiger partial charge in [0.2, 0.25) is 0 Å². The number of thiocarbonyl (C=S) groups is 1. The molecule has 4 rings (SSSR count). The van der Waals surface area contributed by atoms with Crippen molar-refractivity contribution >= 4 is 63.7 Å². The second kappa shape index (κ2) is 7.81. The minimum Gasteiger partial charge on any atom is -0.298 e. The van der Waals surface area contributed by atoms with Crippen molar-refractivity contribution in [3.8, 4) is 0 Å². The van der Waals surface area contributed by atoms with Crippen LogP contribution in [-0.2, 0) is 14.4 Å². The Balaban J connectivity index is 1.67. The van der Waals surface area contributed by atoms with E-state index >= 15 is 0 Å². The van der Waals surface area contributed by atoms with Gasteiger partial charge in [-0.25, -0.2) is 0 Å². The molecule has 0 unspecified atom stereocenters. The summed E-state index contributed by atoms with van der Waals surface area (Å²) in [4.78, 5) is 39.7. The smallest absolute Gasteiger partial charge is 0.269 e. The zero-order valence-corrected chi connectivity index (χ0v) is 17.3. The van der Waals surface area contributed by atoms with E-state index in [-0.39, 0.29) is 16.6 Å². The standard InChI is InChI=1S/C21H15ClN4O3S/c1-12-16(20(29)26(24-12)15-5-3-2-4-6-15)11-17-18(27)23-21(30)25(19(17)28)14-9-7-13(22)8-10-14/h2-11,16H,1H3,(H,23,27,30)/b17-11+/t16-/m0/s1.